The Morgan fingerprint density at radius 1 is 1.19 bits per heavy atom. The zero-order valence-corrected chi connectivity index (χ0v) is 16.2. The van der Waals surface area contributed by atoms with Crippen LogP contribution in [0.5, 0.6) is 0 Å². The highest BCUT2D eigenvalue weighted by molar-refractivity contribution is 6.30. The Hall–Kier alpha value is -2.33. The van der Waals surface area contributed by atoms with Crippen molar-refractivity contribution in [3.05, 3.63) is 70.2 Å². The summed E-state index contributed by atoms with van der Waals surface area (Å²) < 4.78 is 5.67. The summed E-state index contributed by atoms with van der Waals surface area (Å²) in [4.78, 5) is 27.9. The fraction of sp³-hybridized carbons (Fsp3) is 0.364. The van der Waals surface area contributed by atoms with Crippen LogP contribution in [0.1, 0.15) is 54.2 Å². The summed E-state index contributed by atoms with van der Waals surface area (Å²) >= 11 is 6.00. The molecule has 2 aromatic carbocycles. The van der Waals surface area contributed by atoms with Crippen molar-refractivity contribution in [2.75, 3.05) is 0 Å². The van der Waals surface area contributed by atoms with Gasteiger partial charge in [0.25, 0.3) is 5.91 Å². The van der Waals surface area contributed by atoms with Crippen molar-refractivity contribution >= 4 is 23.5 Å². The van der Waals surface area contributed by atoms with Crippen molar-refractivity contribution in [2.24, 2.45) is 0 Å². The number of carbonyl (C=O) groups excluding carboxylic acids is 2. The maximum atomic E-state index is 13.6. The molecule has 2 atom stereocenters. The molecule has 2 unspecified atom stereocenters. The summed E-state index contributed by atoms with van der Waals surface area (Å²) in [6, 6.07) is 15.0. The van der Waals surface area contributed by atoms with Crippen molar-refractivity contribution in [3.63, 3.8) is 0 Å². The van der Waals surface area contributed by atoms with Crippen LogP contribution in [0.15, 0.2) is 48.5 Å². The zero-order valence-electron chi connectivity index (χ0n) is 15.4. The van der Waals surface area contributed by atoms with E-state index in [1.54, 1.807) is 13.0 Å². The minimum atomic E-state index is -1.19. The summed E-state index contributed by atoms with van der Waals surface area (Å²) in [6.07, 6.45) is 2.35. The molecule has 1 amide bonds. The lowest BCUT2D eigenvalue weighted by atomic mass is 9.88. The third-order valence-electron chi connectivity index (χ3n) is 5.48. The Balaban J connectivity index is 1.65. The molecule has 1 saturated carbocycles. The summed E-state index contributed by atoms with van der Waals surface area (Å²) in [5.74, 6) is -0.558. The van der Waals surface area contributed by atoms with E-state index in [1.807, 2.05) is 54.3 Å². The quantitative estimate of drug-likeness (QED) is 0.727. The first-order valence-electron chi connectivity index (χ1n) is 9.28. The topological polar surface area (TPSA) is 46.6 Å². The van der Waals surface area contributed by atoms with Crippen molar-refractivity contribution in [1.29, 1.82) is 0 Å². The van der Waals surface area contributed by atoms with Crippen molar-refractivity contribution in [3.8, 4) is 0 Å². The number of nitrogens with zero attached hydrogens (tertiary/aromatic N) is 1. The van der Waals surface area contributed by atoms with Gasteiger partial charge in [0.15, 0.2) is 5.60 Å². The fourth-order valence-corrected chi connectivity index (χ4v) is 3.96. The second kappa shape index (κ2) is 6.68. The summed E-state index contributed by atoms with van der Waals surface area (Å²) in [5, 5.41) is 0.667. The Morgan fingerprint density at radius 2 is 1.85 bits per heavy atom. The number of halogens is 1. The van der Waals surface area contributed by atoms with Crippen LogP contribution in [0.4, 0.5) is 0 Å². The number of hydrogen-bond acceptors (Lipinski definition) is 3. The van der Waals surface area contributed by atoms with Crippen molar-refractivity contribution in [2.45, 2.75) is 50.8 Å². The molecule has 2 aromatic rings. The van der Waals surface area contributed by atoms with E-state index in [0.717, 1.165) is 24.0 Å². The molecular weight excluding hydrogens is 362 g/mol. The lowest BCUT2D eigenvalue weighted by molar-refractivity contribution is -0.154. The highest BCUT2D eigenvalue weighted by Crippen LogP contribution is 2.39. The molecule has 1 aliphatic heterocycles. The lowest BCUT2D eigenvalue weighted by Crippen LogP contribution is -2.54. The van der Waals surface area contributed by atoms with Gasteiger partial charge in [-0.1, -0.05) is 41.9 Å². The third-order valence-corrected chi connectivity index (χ3v) is 5.73. The Kier molecular flexibility index (Phi) is 4.47. The maximum absolute atomic E-state index is 13.6. The van der Waals surface area contributed by atoms with E-state index in [4.69, 9.17) is 16.3 Å². The molecule has 5 heteroatoms. The number of esters is 1. The molecule has 1 fully saturated rings. The van der Waals surface area contributed by atoms with Gasteiger partial charge in [0.05, 0.1) is 11.6 Å². The maximum Gasteiger partial charge on any atom is 0.339 e. The minimum absolute atomic E-state index is 0.116. The lowest BCUT2D eigenvalue weighted by Gasteiger charge is -2.40. The third kappa shape index (κ3) is 3.34. The standard InChI is InChI=1S/C22H22ClNO3/c1-14(15-7-9-17(23)10-8-15)24(18-11-12-18)21(26)22(2)13-16-5-3-4-6-19(16)20(25)27-22/h3-10,14,18H,11-13H2,1-2H3. The predicted octanol–water partition coefficient (Wildman–Crippen LogP) is 4.56. The molecule has 2 aliphatic rings. The van der Waals surface area contributed by atoms with Crippen LogP contribution in [0.2, 0.25) is 5.02 Å². The highest BCUT2D eigenvalue weighted by Gasteiger charge is 2.49. The van der Waals surface area contributed by atoms with E-state index in [1.165, 1.54) is 0 Å². The van der Waals surface area contributed by atoms with E-state index in [2.05, 4.69) is 0 Å². The Morgan fingerprint density at radius 3 is 2.52 bits per heavy atom. The Labute approximate surface area is 164 Å². The van der Waals surface area contributed by atoms with Crippen LogP contribution in [0, 0.1) is 0 Å². The van der Waals surface area contributed by atoms with Gasteiger partial charge in [0.2, 0.25) is 0 Å². The number of rotatable bonds is 4. The highest BCUT2D eigenvalue weighted by atomic mass is 35.5. The van der Waals surface area contributed by atoms with Crippen LogP contribution in [0.3, 0.4) is 0 Å². The van der Waals surface area contributed by atoms with Gasteiger partial charge in [-0.3, -0.25) is 4.79 Å². The van der Waals surface area contributed by atoms with Gasteiger partial charge < -0.3 is 9.64 Å². The van der Waals surface area contributed by atoms with Crippen molar-refractivity contribution in [1.82, 2.24) is 4.90 Å². The Bertz CT molecular complexity index is 891. The van der Waals surface area contributed by atoms with E-state index >= 15 is 0 Å². The van der Waals surface area contributed by atoms with Crippen molar-refractivity contribution < 1.29 is 14.3 Å². The van der Waals surface area contributed by atoms with Gasteiger partial charge >= 0.3 is 5.97 Å². The van der Waals surface area contributed by atoms with Gasteiger partial charge in [-0.25, -0.2) is 4.79 Å². The summed E-state index contributed by atoms with van der Waals surface area (Å²) in [7, 11) is 0. The molecule has 4 nitrogen and oxygen atoms in total. The summed E-state index contributed by atoms with van der Waals surface area (Å²) in [5.41, 5.74) is 1.24. The van der Waals surface area contributed by atoms with Crippen LogP contribution in [0.25, 0.3) is 0 Å². The SMILES string of the molecule is CC(c1ccc(Cl)cc1)N(C(=O)C1(C)Cc2ccccc2C(=O)O1)C1CC1. The van der Waals surface area contributed by atoms with Gasteiger partial charge in [0.1, 0.15) is 0 Å². The van der Waals surface area contributed by atoms with Crippen LogP contribution in [-0.2, 0) is 16.0 Å². The van der Waals surface area contributed by atoms with Gasteiger partial charge in [-0.2, -0.15) is 0 Å². The monoisotopic (exact) mass is 383 g/mol. The number of amides is 1. The average Bonchev–Trinajstić information content (AvgIpc) is 3.47. The molecular formula is C22H22ClNO3. The first-order valence-corrected chi connectivity index (χ1v) is 9.66. The van der Waals surface area contributed by atoms with Gasteiger partial charge in [-0.05, 0) is 56.0 Å². The molecule has 0 aromatic heterocycles. The van der Waals surface area contributed by atoms with E-state index in [9.17, 15) is 9.59 Å². The van der Waals surface area contributed by atoms with E-state index in [-0.39, 0.29) is 18.0 Å². The van der Waals surface area contributed by atoms with Crippen LogP contribution < -0.4 is 0 Å². The molecule has 140 valence electrons. The number of fused-ring (bicyclic) bond motifs is 1. The molecule has 0 N–H and O–H groups in total. The average molecular weight is 384 g/mol. The van der Waals surface area contributed by atoms with E-state index in [0.29, 0.717) is 17.0 Å². The van der Waals surface area contributed by atoms with Crippen LogP contribution >= 0.6 is 11.6 Å². The zero-order chi connectivity index (χ0) is 19.2. The molecule has 27 heavy (non-hydrogen) atoms. The smallest absolute Gasteiger partial charge is 0.339 e. The van der Waals surface area contributed by atoms with Crippen LogP contribution in [-0.4, -0.2) is 28.4 Å². The van der Waals surface area contributed by atoms with Gasteiger partial charge in [0, 0.05) is 17.5 Å². The predicted molar refractivity (Wildman–Crippen MR) is 104 cm³/mol. The molecule has 4 rings (SSSR count). The first kappa shape index (κ1) is 18.1. The normalized spacial score (nSPS) is 22.6. The second-order valence-electron chi connectivity index (χ2n) is 7.63. The minimum Gasteiger partial charge on any atom is -0.445 e. The number of carbonyl (C=O) groups is 2. The molecule has 0 spiro atoms. The molecule has 0 bridgehead atoms. The fourth-order valence-electron chi connectivity index (χ4n) is 3.84. The molecule has 1 aliphatic carbocycles. The largest absolute Gasteiger partial charge is 0.445 e. The number of hydrogen-bond donors (Lipinski definition) is 0. The second-order valence-corrected chi connectivity index (χ2v) is 8.06. The first-order chi connectivity index (χ1) is 12.9. The molecule has 1 heterocycles. The summed E-state index contributed by atoms with van der Waals surface area (Å²) in [6.45, 7) is 3.74. The molecule has 0 radical (unpaired) electrons. The molecule has 0 saturated heterocycles. The van der Waals surface area contributed by atoms with Gasteiger partial charge in [-0.15, -0.1) is 0 Å². The number of cyclic esters (lactones) is 1. The van der Waals surface area contributed by atoms with E-state index < -0.39 is 11.6 Å². The number of benzene rings is 2. The number of ether oxygens (including phenoxy) is 1.